The number of amides is 2. The molecular weight excluding hydrogens is 394 g/mol. The monoisotopic (exact) mass is 425 g/mol. The first-order valence-electron chi connectivity index (χ1n) is 10.5. The van der Waals surface area contributed by atoms with Crippen molar-refractivity contribution in [1.82, 2.24) is 9.80 Å². The third-order valence-corrected chi connectivity index (χ3v) is 5.77. The van der Waals surface area contributed by atoms with Gasteiger partial charge in [0.15, 0.2) is 11.5 Å². The first kappa shape index (κ1) is 22.6. The molecule has 0 radical (unpaired) electrons. The summed E-state index contributed by atoms with van der Waals surface area (Å²) in [7, 11) is 3.17. The number of methoxy groups -OCH3 is 2. The van der Waals surface area contributed by atoms with Gasteiger partial charge in [-0.1, -0.05) is 18.2 Å². The Bertz CT molecular complexity index is 936. The Morgan fingerprint density at radius 2 is 1.68 bits per heavy atom. The van der Waals surface area contributed by atoms with Gasteiger partial charge in [0.25, 0.3) is 0 Å². The minimum absolute atomic E-state index is 0.0289. The predicted octanol–water partition coefficient (Wildman–Crippen LogP) is 2.65. The zero-order valence-corrected chi connectivity index (χ0v) is 18.7. The summed E-state index contributed by atoms with van der Waals surface area (Å²) in [5.41, 5.74) is 3.98. The molecule has 1 aliphatic heterocycles. The molecule has 7 heteroatoms. The van der Waals surface area contributed by atoms with E-state index in [0.717, 1.165) is 22.4 Å². The average molecular weight is 426 g/mol. The van der Waals surface area contributed by atoms with Gasteiger partial charge in [0.2, 0.25) is 11.8 Å². The number of carbonyl (C=O) groups excluding carboxylic acids is 2. The second-order valence-electron chi connectivity index (χ2n) is 7.82. The van der Waals surface area contributed by atoms with Crippen LogP contribution in [0.1, 0.15) is 16.7 Å². The number of hydrogen-bond donors (Lipinski definition) is 1. The number of piperazine rings is 1. The smallest absolute Gasteiger partial charge is 0.238 e. The summed E-state index contributed by atoms with van der Waals surface area (Å²) in [5, 5.41) is 3.00. The highest BCUT2D eigenvalue weighted by Gasteiger charge is 2.23. The number of benzene rings is 2. The number of nitrogens with zero attached hydrogens (tertiary/aromatic N) is 2. The first-order chi connectivity index (χ1) is 14.9. The normalized spacial score (nSPS) is 14.3. The van der Waals surface area contributed by atoms with Crippen molar-refractivity contribution < 1.29 is 19.1 Å². The van der Waals surface area contributed by atoms with Crippen molar-refractivity contribution in [2.24, 2.45) is 0 Å². The lowest BCUT2D eigenvalue weighted by molar-refractivity contribution is -0.132. The van der Waals surface area contributed by atoms with Crippen molar-refractivity contribution in [3.63, 3.8) is 0 Å². The molecule has 0 aromatic heterocycles. The predicted molar refractivity (Wildman–Crippen MR) is 121 cm³/mol. The molecule has 7 nitrogen and oxygen atoms in total. The average Bonchev–Trinajstić information content (AvgIpc) is 2.77. The van der Waals surface area contributed by atoms with Crippen LogP contribution in [0.4, 0.5) is 5.69 Å². The van der Waals surface area contributed by atoms with Crippen LogP contribution in [0.25, 0.3) is 0 Å². The lowest BCUT2D eigenvalue weighted by atomic mass is 10.1. The van der Waals surface area contributed by atoms with Crippen LogP contribution < -0.4 is 14.8 Å². The first-order valence-corrected chi connectivity index (χ1v) is 10.5. The van der Waals surface area contributed by atoms with Crippen molar-refractivity contribution in [1.29, 1.82) is 0 Å². The lowest BCUT2D eigenvalue weighted by Crippen LogP contribution is -2.50. The van der Waals surface area contributed by atoms with Gasteiger partial charge in [-0.05, 0) is 48.7 Å². The molecule has 0 unspecified atom stereocenters. The Kier molecular flexibility index (Phi) is 7.52. The van der Waals surface area contributed by atoms with Crippen LogP contribution in [0.2, 0.25) is 0 Å². The summed E-state index contributed by atoms with van der Waals surface area (Å²) < 4.78 is 10.6. The molecule has 1 fully saturated rings. The van der Waals surface area contributed by atoms with Gasteiger partial charge in [0.1, 0.15) is 0 Å². The Morgan fingerprint density at radius 3 is 2.35 bits per heavy atom. The fourth-order valence-electron chi connectivity index (χ4n) is 3.71. The summed E-state index contributed by atoms with van der Waals surface area (Å²) in [6.45, 7) is 6.95. The molecule has 2 aromatic rings. The van der Waals surface area contributed by atoms with Gasteiger partial charge in [0, 0.05) is 31.9 Å². The molecule has 1 N–H and O–H groups in total. The van der Waals surface area contributed by atoms with Crippen LogP contribution in [0.15, 0.2) is 36.4 Å². The van der Waals surface area contributed by atoms with E-state index in [1.165, 1.54) is 0 Å². The maximum Gasteiger partial charge on any atom is 0.238 e. The fourth-order valence-corrected chi connectivity index (χ4v) is 3.71. The van der Waals surface area contributed by atoms with Gasteiger partial charge in [-0.15, -0.1) is 0 Å². The number of aryl methyl sites for hydroxylation is 1. The van der Waals surface area contributed by atoms with E-state index in [-0.39, 0.29) is 11.8 Å². The van der Waals surface area contributed by atoms with E-state index in [4.69, 9.17) is 9.47 Å². The summed E-state index contributed by atoms with van der Waals surface area (Å²) in [6.07, 6.45) is 0.313. The van der Waals surface area contributed by atoms with E-state index in [2.05, 4.69) is 10.2 Å². The van der Waals surface area contributed by atoms with Crippen LogP contribution in [0.3, 0.4) is 0 Å². The van der Waals surface area contributed by atoms with E-state index in [1.807, 2.05) is 55.1 Å². The van der Waals surface area contributed by atoms with Crippen LogP contribution in [-0.4, -0.2) is 68.6 Å². The minimum atomic E-state index is -0.0289. The standard InChI is InChI=1S/C24H31N3O4/c1-17-6-5-7-20(18(17)2)25-23(28)16-26-10-12-27(13-11-26)24(29)15-19-8-9-21(30-3)22(14-19)31-4/h5-9,14H,10-13,15-16H2,1-4H3,(H,25,28). The highest BCUT2D eigenvalue weighted by Crippen LogP contribution is 2.28. The van der Waals surface area contributed by atoms with Crippen molar-refractivity contribution >= 4 is 17.5 Å². The van der Waals surface area contributed by atoms with Gasteiger partial charge >= 0.3 is 0 Å². The molecule has 31 heavy (non-hydrogen) atoms. The fraction of sp³-hybridized carbons (Fsp3) is 0.417. The second-order valence-corrected chi connectivity index (χ2v) is 7.82. The summed E-state index contributed by atoms with van der Waals surface area (Å²) in [5.74, 6) is 1.31. The number of anilines is 1. The van der Waals surface area contributed by atoms with E-state index in [9.17, 15) is 9.59 Å². The van der Waals surface area contributed by atoms with E-state index in [1.54, 1.807) is 14.2 Å². The van der Waals surface area contributed by atoms with Crippen molar-refractivity contribution in [2.45, 2.75) is 20.3 Å². The molecule has 0 spiro atoms. The van der Waals surface area contributed by atoms with E-state index >= 15 is 0 Å². The Labute approximate surface area is 183 Å². The zero-order chi connectivity index (χ0) is 22.4. The molecule has 1 heterocycles. The van der Waals surface area contributed by atoms with Gasteiger partial charge in [-0.2, -0.15) is 0 Å². The zero-order valence-electron chi connectivity index (χ0n) is 18.7. The quantitative estimate of drug-likeness (QED) is 0.739. The molecule has 2 amide bonds. The highest BCUT2D eigenvalue weighted by atomic mass is 16.5. The van der Waals surface area contributed by atoms with Gasteiger partial charge in [0.05, 0.1) is 27.2 Å². The maximum atomic E-state index is 12.7. The van der Waals surface area contributed by atoms with E-state index < -0.39 is 0 Å². The minimum Gasteiger partial charge on any atom is -0.493 e. The van der Waals surface area contributed by atoms with Crippen LogP contribution >= 0.6 is 0 Å². The number of hydrogen-bond acceptors (Lipinski definition) is 5. The van der Waals surface area contributed by atoms with Crippen molar-refractivity contribution in [3.8, 4) is 11.5 Å². The lowest BCUT2D eigenvalue weighted by Gasteiger charge is -2.34. The Hall–Kier alpha value is -3.06. The summed E-state index contributed by atoms with van der Waals surface area (Å²) in [6, 6.07) is 11.4. The van der Waals surface area contributed by atoms with Crippen LogP contribution in [0.5, 0.6) is 11.5 Å². The number of rotatable bonds is 7. The summed E-state index contributed by atoms with van der Waals surface area (Å²) >= 11 is 0. The Morgan fingerprint density at radius 1 is 0.968 bits per heavy atom. The summed E-state index contributed by atoms with van der Waals surface area (Å²) in [4.78, 5) is 29.1. The van der Waals surface area contributed by atoms with E-state index in [0.29, 0.717) is 50.6 Å². The molecule has 0 atom stereocenters. The van der Waals surface area contributed by atoms with Gasteiger partial charge < -0.3 is 19.7 Å². The van der Waals surface area contributed by atoms with Crippen molar-refractivity contribution in [3.05, 3.63) is 53.1 Å². The largest absolute Gasteiger partial charge is 0.493 e. The molecule has 166 valence electrons. The van der Waals surface area contributed by atoms with Gasteiger partial charge in [-0.25, -0.2) is 0 Å². The third-order valence-electron chi connectivity index (χ3n) is 5.77. The molecule has 0 bridgehead atoms. The number of ether oxygens (including phenoxy) is 2. The Balaban J connectivity index is 1.48. The van der Waals surface area contributed by atoms with Crippen LogP contribution in [0, 0.1) is 13.8 Å². The topological polar surface area (TPSA) is 71.1 Å². The molecule has 0 aliphatic carbocycles. The molecule has 1 aliphatic rings. The van der Waals surface area contributed by atoms with Crippen molar-refractivity contribution in [2.75, 3.05) is 52.3 Å². The van der Waals surface area contributed by atoms with Gasteiger partial charge in [-0.3, -0.25) is 14.5 Å². The number of nitrogens with one attached hydrogen (secondary N) is 1. The maximum absolute atomic E-state index is 12.7. The molecule has 0 saturated carbocycles. The SMILES string of the molecule is COc1ccc(CC(=O)N2CCN(CC(=O)Nc3cccc(C)c3C)CC2)cc1OC. The second kappa shape index (κ2) is 10.3. The number of carbonyl (C=O) groups is 2. The molecular formula is C24H31N3O4. The molecule has 1 saturated heterocycles. The third kappa shape index (κ3) is 5.76. The highest BCUT2D eigenvalue weighted by molar-refractivity contribution is 5.93. The van der Waals surface area contributed by atoms with Crippen LogP contribution in [-0.2, 0) is 16.0 Å². The molecule has 2 aromatic carbocycles. The molecule has 3 rings (SSSR count).